The molecule has 3 heterocycles. The van der Waals surface area contributed by atoms with Gasteiger partial charge < -0.3 is 101 Å². The van der Waals surface area contributed by atoms with Gasteiger partial charge in [-0.25, -0.2) is 9.36 Å². The van der Waals surface area contributed by atoms with Gasteiger partial charge in [0, 0.05) is 27.3 Å². The van der Waals surface area contributed by atoms with E-state index < -0.39 is 155 Å². The number of aliphatic hydroxyl groups excluding tert-OH is 1. The van der Waals surface area contributed by atoms with Gasteiger partial charge in [-0.3, -0.25) is 23.4 Å². The average Bonchev–Trinajstić information content (AvgIpc) is 0.763. The van der Waals surface area contributed by atoms with Crippen LogP contribution in [0.25, 0.3) is 0 Å². The zero-order valence-electron chi connectivity index (χ0n) is 70.2. The van der Waals surface area contributed by atoms with Crippen molar-refractivity contribution in [3.8, 4) is 0 Å². The second kappa shape index (κ2) is 49.9. The SMILES string of the molecule is CC(=O)OC[C@H]1O[C@H](O[C@@H]2[C@@H](OCc3ccccc3)[C@@H](O[C@@H]3[C@@H](OCc4ccccc4)[C@H](C)O[C@@H](O[C@H](COP(=O)(O)OCCCNC(=O)OCc4ccccc4)[C@@H](OCc4ccccc4)[C@H](COCc4ccccc4)OCc4ccccc4)[C@@H]3OCc3ccccc3)O[C@H](COCc3ccccc3)[C@H]2OCc2ccccc2)[C@H](O)[C@@H](OC(C)=O)[C@H]1OC(C)=O. The molecule has 0 bridgehead atoms. The number of hydrogen-bond acceptors (Lipinski definition) is 26. The van der Waals surface area contributed by atoms with Crippen LogP contribution < -0.4 is 5.32 Å². The molecule has 3 aliphatic heterocycles. The first-order chi connectivity index (χ1) is 60.9. The Morgan fingerprint density at radius 1 is 0.384 bits per heavy atom. The lowest BCUT2D eigenvalue weighted by Crippen LogP contribution is -2.68. The van der Waals surface area contributed by atoms with Crippen LogP contribution in [0.1, 0.15) is 84.2 Å². The number of rotatable bonds is 48. The van der Waals surface area contributed by atoms with E-state index in [-0.39, 0.29) is 92.2 Å². The fraction of sp³-hybridized carbons (Fsp3) is 0.396. The van der Waals surface area contributed by atoms with Crippen molar-refractivity contribution in [1.29, 1.82) is 0 Å². The molecule has 1 amide bonds. The summed E-state index contributed by atoms with van der Waals surface area (Å²) in [5.41, 5.74) is 6.83. The largest absolute Gasteiger partial charge is 0.472 e. The zero-order chi connectivity index (χ0) is 87.4. The Labute approximate surface area is 728 Å². The van der Waals surface area contributed by atoms with Crippen molar-refractivity contribution >= 4 is 31.8 Å². The van der Waals surface area contributed by atoms with Crippen LogP contribution in [0.4, 0.5) is 4.79 Å². The highest BCUT2D eigenvalue weighted by atomic mass is 31.2. The van der Waals surface area contributed by atoms with Crippen LogP contribution in [0, 0.1) is 0 Å². The number of phosphoric ester groups is 1. The van der Waals surface area contributed by atoms with Crippen LogP contribution in [0.15, 0.2) is 273 Å². The quantitative estimate of drug-likeness (QED) is 0.0138. The minimum atomic E-state index is -5.12. The Morgan fingerprint density at radius 2 is 0.776 bits per heavy atom. The van der Waals surface area contributed by atoms with Crippen molar-refractivity contribution in [3.05, 3.63) is 323 Å². The summed E-state index contributed by atoms with van der Waals surface area (Å²) in [7, 11) is -5.12. The van der Waals surface area contributed by atoms with Gasteiger partial charge in [-0.15, -0.1) is 0 Å². The van der Waals surface area contributed by atoms with Gasteiger partial charge in [-0.1, -0.05) is 273 Å². The molecular weight excluding hydrogens is 1630 g/mol. The minimum absolute atomic E-state index is 0.00120. The summed E-state index contributed by atoms with van der Waals surface area (Å²) in [6.45, 7) is 2.83. The lowest BCUT2D eigenvalue weighted by atomic mass is 9.95. The van der Waals surface area contributed by atoms with E-state index in [4.69, 9.17) is 94.3 Å². The summed E-state index contributed by atoms with van der Waals surface area (Å²) in [5, 5.41) is 15.5. The number of carbonyl (C=O) groups is 4. The van der Waals surface area contributed by atoms with E-state index in [1.165, 1.54) is 6.92 Å². The maximum Gasteiger partial charge on any atom is 0.472 e. The predicted molar refractivity (Wildman–Crippen MR) is 453 cm³/mol. The van der Waals surface area contributed by atoms with Gasteiger partial charge in [0.15, 0.2) is 31.1 Å². The van der Waals surface area contributed by atoms with E-state index in [9.17, 15) is 33.7 Å². The molecule has 0 aromatic heterocycles. The lowest BCUT2D eigenvalue weighted by Gasteiger charge is -2.51. The molecule has 3 fully saturated rings. The van der Waals surface area contributed by atoms with E-state index in [1.54, 1.807) is 6.92 Å². The number of alkyl carbamates (subject to hydrolysis) is 1. The summed E-state index contributed by atoms with van der Waals surface area (Å²) < 4.78 is 149. The number of carbonyl (C=O) groups excluding carboxylic acids is 4. The fourth-order valence-electron chi connectivity index (χ4n) is 14.5. The van der Waals surface area contributed by atoms with Gasteiger partial charge in [-0.2, -0.15) is 0 Å². The number of amides is 1. The van der Waals surface area contributed by atoms with Gasteiger partial charge in [0.25, 0.3) is 0 Å². The molecule has 28 nitrogen and oxygen atoms in total. The van der Waals surface area contributed by atoms with Crippen LogP contribution in [0.3, 0.4) is 0 Å². The normalized spacial score (nSPS) is 23.7. The molecular formula is C96H110NO27P. The number of ether oxygens (including phenoxy) is 18. The molecule has 1 unspecified atom stereocenters. The van der Waals surface area contributed by atoms with E-state index in [0.29, 0.717) is 11.1 Å². The van der Waals surface area contributed by atoms with Crippen LogP contribution >= 0.6 is 7.82 Å². The summed E-state index contributed by atoms with van der Waals surface area (Å²) in [5.74, 6) is -2.45. The number of hydrogen-bond donors (Lipinski definition) is 3. The molecule has 12 rings (SSSR count). The number of esters is 3. The topological polar surface area (TPSA) is 322 Å². The summed E-state index contributed by atoms with van der Waals surface area (Å²) in [6, 6.07) is 84.3. The van der Waals surface area contributed by atoms with Gasteiger partial charge in [-0.05, 0) is 63.4 Å². The molecule has 29 heteroatoms. The van der Waals surface area contributed by atoms with E-state index >= 15 is 0 Å². The lowest BCUT2D eigenvalue weighted by molar-refractivity contribution is -0.395. The summed E-state index contributed by atoms with van der Waals surface area (Å²) in [6.07, 6.45) is -27.1. The first kappa shape index (κ1) is 94.3. The smallest absolute Gasteiger partial charge is 0.463 e. The standard InChI is InChI=1S/C96H110NO27P/c1-66-84(109-56-73-39-20-8-21-40-73)89(124-95-92(113-60-77-47-28-12-29-48-77)90(123-93-83(101)88(119-69(4)100)87(118-68(3)99)81(120-93)64-107-67(2)98)86(111-58-75-43-24-10-25-44-75)80(121-95)63-106-54-71-35-16-6-17-36-71)91(112-59-76-45-26-11-27-46-76)94(117-66)122-82(65-116-125(103,104)115-52-32-51-97-96(102)114-61-78-49-30-13-31-50-78)85(110-57-74-41-22-9-23-42-74)79(108-55-72-37-18-7-19-38-72)62-105-53-70-33-14-5-15-34-70/h5-31,33-50,66,79-95,101H,32,51-65H2,1-4H3,(H,97,102)(H,103,104)/t66-,79-,80+,81+,82+,83+,84-,85-,86+,87-,88+,89+,90-,91+,92+,93+,94-,95+/m0/s1. The van der Waals surface area contributed by atoms with Gasteiger partial charge in [0.1, 0.15) is 86.5 Å². The third kappa shape index (κ3) is 30.5. The first-order valence-electron chi connectivity index (χ1n) is 41.8. The number of aliphatic hydroxyl groups is 1. The Hall–Kier alpha value is -9.83. The number of phosphoric acid groups is 1. The number of nitrogens with one attached hydrogen (secondary N) is 1. The molecule has 125 heavy (non-hydrogen) atoms. The maximum atomic E-state index is 14.7. The Balaban J connectivity index is 0.984. The van der Waals surface area contributed by atoms with E-state index in [1.807, 2.05) is 273 Å². The molecule has 9 aromatic rings. The molecule has 666 valence electrons. The molecule has 19 atom stereocenters. The minimum Gasteiger partial charge on any atom is -0.463 e. The maximum absolute atomic E-state index is 14.7. The van der Waals surface area contributed by atoms with Crippen molar-refractivity contribution in [3.63, 3.8) is 0 Å². The molecule has 9 aromatic carbocycles. The van der Waals surface area contributed by atoms with Crippen molar-refractivity contribution in [1.82, 2.24) is 5.32 Å². The molecule has 0 spiro atoms. The van der Waals surface area contributed by atoms with E-state index in [0.717, 1.165) is 52.8 Å². The van der Waals surface area contributed by atoms with Crippen LogP contribution in [0.5, 0.6) is 0 Å². The molecule has 0 radical (unpaired) electrons. The van der Waals surface area contributed by atoms with Gasteiger partial charge in [0.05, 0.1) is 85.4 Å². The summed E-state index contributed by atoms with van der Waals surface area (Å²) in [4.78, 5) is 63.8. The second-order valence-corrected chi connectivity index (χ2v) is 31.6. The fourth-order valence-corrected chi connectivity index (χ4v) is 15.2. The van der Waals surface area contributed by atoms with E-state index in [2.05, 4.69) is 5.32 Å². The third-order valence-corrected chi connectivity index (χ3v) is 21.6. The monoisotopic (exact) mass is 1740 g/mol. The Morgan fingerprint density at radius 3 is 1.26 bits per heavy atom. The highest BCUT2D eigenvalue weighted by Gasteiger charge is 2.58. The highest BCUT2D eigenvalue weighted by Crippen LogP contribution is 2.45. The van der Waals surface area contributed by atoms with Crippen LogP contribution in [-0.4, -0.2) is 184 Å². The Kier molecular flexibility index (Phi) is 37.7. The van der Waals surface area contributed by atoms with Crippen molar-refractivity contribution in [2.45, 2.75) is 204 Å². The van der Waals surface area contributed by atoms with Gasteiger partial charge in [0.2, 0.25) is 0 Å². The number of benzene rings is 9. The first-order valence-corrected chi connectivity index (χ1v) is 43.2. The average molecular weight is 1740 g/mol. The van der Waals surface area contributed by atoms with Gasteiger partial charge >= 0.3 is 31.8 Å². The van der Waals surface area contributed by atoms with Crippen molar-refractivity contribution in [2.75, 3.05) is 39.6 Å². The van der Waals surface area contributed by atoms with Crippen LogP contribution in [0.2, 0.25) is 0 Å². The molecule has 3 N–H and O–H groups in total. The predicted octanol–water partition coefficient (Wildman–Crippen LogP) is 13.5. The zero-order valence-corrected chi connectivity index (χ0v) is 71.1. The highest BCUT2D eigenvalue weighted by molar-refractivity contribution is 7.47. The third-order valence-electron chi connectivity index (χ3n) is 20.6. The van der Waals surface area contributed by atoms with Crippen LogP contribution in [-0.2, 0) is 173 Å². The van der Waals surface area contributed by atoms with Crippen molar-refractivity contribution < 1.29 is 128 Å². The molecule has 0 saturated carbocycles. The second-order valence-electron chi connectivity index (χ2n) is 30.2. The summed E-state index contributed by atoms with van der Waals surface area (Å²) >= 11 is 0. The van der Waals surface area contributed by atoms with Crippen molar-refractivity contribution in [2.24, 2.45) is 0 Å². The Bertz CT molecular complexity index is 4650. The molecule has 3 aliphatic rings. The molecule has 0 aliphatic carbocycles. The molecule has 3 saturated heterocycles.